The largest absolute Gasteiger partial charge is 0.293 e. The number of aromatic nitrogens is 3. The summed E-state index contributed by atoms with van der Waals surface area (Å²) >= 11 is 1.51. The van der Waals surface area contributed by atoms with E-state index in [4.69, 9.17) is 4.99 Å². The third-order valence-electron chi connectivity index (χ3n) is 5.54. The molecule has 5 nitrogen and oxygen atoms in total. The number of nitrogens with one attached hydrogen (secondary N) is 1. The van der Waals surface area contributed by atoms with Crippen LogP contribution >= 0.6 is 11.3 Å². The zero-order valence-corrected chi connectivity index (χ0v) is 17.3. The van der Waals surface area contributed by atoms with Crippen LogP contribution in [0, 0.1) is 6.92 Å². The number of rotatable bonds is 4. The van der Waals surface area contributed by atoms with Crippen LogP contribution in [0.5, 0.6) is 0 Å². The number of nitrogens with zero attached hydrogens (tertiary/aromatic N) is 3. The van der Waals surface area contributed by atoms with Gasteiger partial charge in [-0.1, -0.05) is 54.7 Å². The number of thiazole rings is 1. The van der Waals surface area contributed by atoms with E-state index < -0.39 is 0 Å². The van der Waals surface area contributed by atoms with Gasteiger partial charge in [-0.2, -0.15) is 4.68 Å². The van der Waals surface area contributed by atoms with Gasteiger partial charge >= 0.3 is 0 Å². The Labute approximate surface area is 172 Å². The molecule has 6 heteroatoms. The van der Waals surface area contributed by atoms with Gasteiger partial charge in [0, 0.05) is 11.4 Å². The lowest BCUT2D eigenvalue weighted by Crippen LogP contribution is -2.22. The first kappa shape index (κ1) is 18.1. The molecule has 0 saturated carbocycles. The van der Waals surface area contributed by atoms with Gasteiger partial charge in [0.15, 0.2) is 0 Å². The van der Waals surface area contributed by atoms with Gasteiger partial charge in [0.25, 0.3) is 5.56 Å². The van der Waals surface area contributed by atoms with Crippen molar-refractivity contribution >= 4 is 27.3 Å². The molecule has 2 heterocycles. The molecule has 1 aliphatic rings. The second-order valence-electron chi connectivity index (χ2n) is 7.48. The molecule has 0 atom stereocenters. The van der Waals surface area contributed by atoms with Crippen molar-refractivity contribution in [2.75, 3.05) is 0 Å². The van der Waals surface area contributed by atoms with Crippen LogP contribution in [0.4, 0.5) is 0 Å². The van der Waals surface area contributed by atoms with Crippen molar-refractivity contribution in [1.29, 1.82) is 0 Å². The van der Waals surface area contributed by atoms with Crippen LogP contribution in [-0.4, -0.2) is 26.5 Å². The minimum Gasteiger partial charge on any atom is -0.293 e. The molecule has 0 bridgehead atoms. The highest BCUT2D eigenvalue weighted by atomic mass is 32.1. The van der Waals surface area contributed by atoms with E-state index in [1.54, 1.807) is 4.68 Å². The molecule has 29 heavy (non-hydrogen) atoms. The fourth-order valence-corrected chi connectivity index (χ4v) is 5.08. The summed E-state index contributed by atoms with van der Waals surface area (Å²) in [5.41, 5.74) is 5.97. The lowest BCUT2D eigenvalue weighted by atomic mass is 10.1. The van der Waals surface area contributed by atoms with Gasteiger partial charge in [0.05, 0.1) is 21.8 Å². The number of aryl methyl sites for hydroxylation is 1. The molecule has 0 fully saturated rings. The van der Waals surface area contributed by atoms with E-state index in [-0.39, 0.29) is 11.6 Å². The highest BCUT2D eigenvalue weighted by Gasteiger charge is 2.23. The Balaban J connectivity index is 1.53. The third-order valence-corrected chi connectivity index (χ3v) is 6.56. The van der Waals surface area contributed by atoms with Crippen LogP contribution in [-0.2, 0) is 12.8 Å². The van der Waals surface area contributed by atoms with Gasteiger partial charge in [-0.25, -0.2) is 4.98 Å². The average molecular weight is 403 g/mol. The molecule has 0 spiro atoms. The summed E-state index contributed by atoms with van der Waals surface area (Å²) in [7, 11) is 0. The van der Waals surface area contributed by atoms with Crippen LogP contribution in [0.15, 0.2) is 58.3 Å². The Morgan fingerprint density at radius 1 is 1.17 bits per heavy atom. The molecule has 0 amide bonds. The molecule has 2 aromatic carbocycles. The predicted molar refractivity (Wildman–Crippen MR) is 119 cm³/mol. The third kappa shape index (κ3) is 3.13. The molecule has 0 radical (unpaired) electrons. The summed E-state index contributed by atoms with van der Waals surface area (Å²) in [5, 5.41) is 3.88. The van der Waals surface area contributed by atoms with Crippen molar-refractivity contribution in [2.45, 2.75) is 39.2 Å². The second kappa shape index (κ2) is 7.12. The first-order valence-corrected chi connectivity index (χ1v) is 10.8. The molecule has 1 N–H and O–H groups in total. The normalized spacial score (nSPS) is 14.6. The number of hydrogen-bond acceptors (Lipinski definition) is 4. The number of aromatic amines is 1. The summed E-state index contributed by atoms with van der Waals surface area (Å²) < 4.78 is 2.63. The van der Waals surface area contributed by atoms with Gasteiger partial charge in [-0.15, -0.1) is 0 Å². The van der Waals surface area contributed by atoms with Crippen LogP contribution < -0.4 is 5.56 Å². The van der Waals surface area contributed by atoms with E-state index in [9.17, 15) is 4.79 Å². The van der Waals surface area contributed by atoms with E-state index in [2.05, 4.69) is 41.3 Å². The number of hydrogen-bond donors (Lipinski definition) is 1. The minimum atomic E-state index is -0.0716. The maximum absolute atomic E-state index is 13.3. The lowest BCUT2D eigenvalue weighted by molar-refractivity contribution is 0.721. The van der Waals surface area contributed by atoms with Gasteiger partial charge in [0.1, 0.15) is 0 Å². The Kier molecular flexibility index (Phi) is 4.43. The van der Waals surface area contributed by atoms with Gasteiger partial charge in [-0.3, -0.25) is 14.9 Å². The zero-order chi connectivity index (χ0) is 20.0. The molecule has 0 unspecified atom stereocenters. The SMILES string of the molecule is CCC(=NC1Cc2ccccc2C1)c1c(C)[nH]n(-c2nc3ccccc3s2)c1=O. The highest BCUT2D eigenvalue weighted by molar-refractivity contribution is 7.20. The molecule has 0 aliphatic heterocycles. The fourth-order valence-electron chi connectivity index (χ4n) is 4.16. The average Bonchev–Trinajstić information content (AvgIpc) is 3.41. The molecule has 4 aromatic rings. The molecule has 5 rings (SSSR count). The Morgan fingerprint density at radius 3 is 2.55 bits per heavy atom. The van der Waals surface area contributed by atoms with Crippen LogP contribution in [0.1, 0.15) is 35.7 Å². The smallest absolute Gasteiger partial charge is 0.282 e. The Hall–Kier alpha value is -2.99. The van der Waals surface area contributed by atoms with Crippen molar-refractivity contribution in [2.24, 2.45) is 4.99 Å². The summed E-state index contributed by atoms with van der Waals surface area (Å²) in [6, 6.07) is 16.7. The number of benzene rings is 2. The first-order chi connectivity index (χ1) is 14.1. The van der Waals surface area contributed by atoms with Crippen LogP contribution in [0.2, 0.25) is 0 Å². The lowest BCUT2D eigenvalue weighted by Gasteiger charge is -2.07. The van der Waals surface area contributed by atoms with Gasteiger partial charge < -0.3 is 0 Å². The standard InChI is InChI=1S/C23H22N4OS/c1-3-18(24-17-12-15-8-4-5-9-16(15)13-17)21-14(2)26-27(22(21)28)23-25-19-10-6-7-11-20(19)29-23/h4-11,17,26H,3,12-13H2,1-2H3. The van der Waals surface area contributed by atoms with E-state index in [1.165, 1.54) is 22.5 Å². The van der Waals surface area contributed by atoms with E-state index >= 15 is 0 Å². The Morgan fingerprint density at radius 2 is 1.86 bits per heavy atom. The summed E-state index contributed by atoms with van der Waals surface area (Å²) in [5.74, 6) is 0. The van der Waals surface area contributed by atoms with Crippen molar-refractivity contribution in [3.63, 3.8) is 0 Å². The number of para-hydroxylation sites is 1. The van der Waals surface area contributed by atoms with Gasteiger partial charge in [0.2, 0.25) is 5.13 Å². The number of aliphatic imine (C=N–C) groups is 1. The minimum absolute atomic E-state index is 0.0716. The van der Waals surface area contributed by atoms with Crippen molar-refractivity contribution < 1.29 is 0 Å². The molecular weight excluding hydrogens is 380 g/mol. The molecule has 146 valence electrons. The topological polar surface area (TPSA) is 63.0 Å². The fraction of sp³-hybridized carbons (Fsp3) is 0.261. The van der Waals surface area contributed by atoms with E-state index in [0.717, 1.165) is 40.9 Å². The maximum Gasteiger partial charge on any atom is 0.282 e. The maximum atomic E-state index is 13.3. The number of H-pyrrole nitrogens is 1. The summed E-state index contributed by atoms with van der Waals surface area (Å²) in [6.07, 6.45) is 2.60. The predicted octanol–water partition coefficient (Wildman–Crippen LogP) is 4.45. The van der Waals surface area contributed by atoms with E-state index in [0.29, 0.717) is 10.7 Å². The molecule has 0 saturated heterocycles. The van der Waals surface area contributed by atoms with Crippen LogP contribution in [0.3, 0.4) is 0 Å². The molecule has 1 aliphatic carbocycles. The van der Waals surface area contributed by atoms with Gasteiger partial charge in [-0.05, 0) is 49.4 Å². The summed E-state index contributed by atoms with van der Waals surface area (Å²) in [6.45, 7) is 4.00. The molecule has 2 aromatic heterocycles. The summed E-state index contributed by atoms with van der Waals surface area (Å²) in [4.78, 5) is 22.9. The second-order valence-corrected chi connectivity index (χ2v) is 8.49. The van der Waals surface area contributed by atoms with Crippen molar-refractivity contribution in [3.8, 4) is 5.13 Å². The molecular formula is C23H22N4OS. The van der Waals surface area contributed by atoms with Crippen molar-refractivity contribution in [3.05, 3.63) is 81.3 Å². The Bertz CT molecular complexity index is 1240. The quantitative estimate of drug-likeness (QED) is 0.513. The number of fused-ring (bicyclic) bond motifs is 2. The van der Waals surface area contributed by atoms with E-state index in [1.807, 2.05) is 31.2 Å². The zero-order valence-electron chi connectivity index (χ0n) is 16.5. The van der Waals surface area contributed by atoms with Crippen LogP contribution in [0.25, 0.3) is 15.3 Å². The first-order valence-electron chi connectivity index (χ1n) is 9.95. The highest BCUT2D eigenvalue weighted by Crippen LogP contribution is 2.26. The van der Waals surface area contributed by atoms with Crippen molar-refractivity contribution in [1.82, 2.24) is 14.8 Å². The monoisotopic (exact) mass is 402 g/mol.